The minimum Gasteiger partial charge on any atom is -0.388 e. The van der Waals surface area contributed by atoms with Crippen molar-refractivity contribution in [1.82, 2.24) is 25.5 Å². The molecule has 3 aromatic rings. The molecule has 1 unspecified atom stereocenters. The highest BCUT2D eigenvalue weighted by Crippen LogP contribution is 2.31. The van der Waals surface area contributed by atoms with Crippen molar-refractivity contribution in [3.8, 4) is 0 Å². The van der Waals surface area contributed by atoms with Crippen LogP contribution in [0.3, 0.4) is 0 Å². The lowest BCUT2D eigenvalue weighted by Gasteiger charge is -2.30. The number of hydrogen-bond acceptors (Lipinski definition) is 9. The Balaban J connectivity index is 1.06. The second-order valence-corrected chi connectivity index (χ2v) is 10.6. The van der Waals surface area contributed by atoms with Crippen LogP contribution in [0.2, 0.25) is 0 Å². The number of anilines is 1. The molecule has 1 saturated heterocycles. The third kappa shape index (κ3) is 5.18. The number of hydrogen-bond donors (Lipinski definition) is 4. The van der Waals surface area contributed by atoms with E-state index >= 15 is 0 Å². The van der Waals surface area contributed by atoms with E-state index in [1.165, 1.54) is 6.21 Å². The lowest BCUT2D eigenvalue weighted by Crippen LogP contribution is -2.54. The molecule has 1 atom stereocenters. The molecule has 4 N–H and O–H groups in total. The molecule has 208 valence electrons. The van der Waals surface area contributed by atoms with Crippen LogP contribution < -0.4 is 16.0 Å². The summed E-state index contributed by atoms with van der Waals surface area (Å²) in [5.41, 5.74) is 4.17. The lowest BCUT2D eigenvalue weighted by atomic mass is 9.91. The quantitative estimate of drug-likeness (QED) is 0.258. The predicted molar refractivity (Wildman–Crippen MR) is 152 cm³/mol. The van der Waals surface area contributed by atoms with E-state index in [0.717, 1.165) is 47.3 Å². The molecule has 0 radical (unpaired) electrons. The van der Waals surface area contributed by atoms with Gasteiger partial charge in [0.1, 0.15) is 6.04 Å². The number of piperidine rings is 1. The van der Waals surface area contributed by atoms with Gasteiger partial charge in [0.15, 0.2) is 0 Å². The topological polar surface area (TPSA) is 157 Å². The highest BCUT2D eigenvalue weighted by molar-refractivity contribution is 6.23. The van der Waals surface area contributed by atoms with Gasteiger partial charge in [0.2, 0.25) is 11.8 Å². The molecule has 0 bridgehead atoms. The largest absolute Gasteiger partial charge is 0.388 e. The summed E-state index contributed by atoms with van der Waals surface area (Å²) >= 11 is 0. The van der Waals surface area contributed by atoms with Gasteiger partial charge < -0.3 is 16.0 Å². The van der Waals surface area contributed by atoms with Crippen molar-refractivity contribution >= 4 is 52.1 Å². The number of amides is 4. The first-order valence-electron chi connectivity index (χ1n) is 13.7. The van der Waals surface area contributed by atoms with Gasteiger partial charge in [-0.2, -0.15) is 0 Å². The van der Waals surface area contributed by atoms with E-state index in [9.17, 15) is 19.2 Å². The molecular formula is C30H29N7O4. The Morgan fingerprint density at radius 1 is 0.927 bits per heavy atom. The molecule has 2 aromatic carbocycles. The Morgan fingerprint density at radius 3 is 2.41 bits per heavy atom. The number of para-hydroxylation sites is 2. The van der Waals surface area contributed by atoms with E-state index in [-0.39, 0.29) is 36.1 Å². The number of fused-ring (bicyclic) bond motifs is 2. The highest BCUT2D eigenvalue weighted by Gasteiger charge is 2.44. The summed E-state index contributed by atoms with van der Waals surface area (Å²) in [7, 11) is 0. The first-order chi connectivity index (χ1) is 19.9. The van der Waals surface area contributed by atoms with Crippen molar-refractivity contribution in [2.45, 2.75) is 56.7 Å². The number of nitrogens with zero attached hydrogens (tertiary/aromatic N) is 3. The minimum absolute atomic E-state index is 0.0875. The van der Waals surface area contributed by atoms with Gasteiger partial charge in [-0.1, -0.05) is 12.1 Å². The average molecular weight is 552 g/mol. The molecule has 2 fully saturated rings. The van der Waals surface area contributed by atoms with Gasteiger partial charge in [0.25, 0.3) is 11.8 Å². The SMILES string of the molecule is N=C/C(=C\NC1CCC(Nc2ccc3c(c2)C(=O)N(C2CCC(=O)NC2=O)C3=O)CC1)c1cnc2ccccc2n1. The number of imide groups is 2. The van der Waals surface area contributed by atoms with Gasteiger partial charge in [0, 0.05) is 42.2 Å². The molecule has 11 heteroatoms. The molecule has 1 aliphatic carbocycles. The van der Waals surface area contributed by atoms with Crippen molar-refractivity contribution in [2.75, 3.05) is 5.32 Å². The predicted octanol–water partition coefficient (Wildman–Crippen LogP) is 3.03. The van der Waals surface area contributed by atoms with Gasteiger partial charge >= 0.3 is 0 Å². The molecule has 4 amide bonds. The van der Waals surface area contributed by atoms with E-state index in [1.54, 1.807) is 24.4 Å². The van der Waals surface area contributed by atoms with Gasteiger partial charge in [-0.15, -0.1) is 0 Å². The number of aromatic nitrogens is 2. The average Bonchev–Trinajstić information content (AvgIpc) is 3.23. The van der Waals surface area contributed by atoms with Gasteiger partial charge in [-0.3, -0.25) is 34.4 Å². The molecule has 6 rings (SSSR count). The standard InChI is InChI=1S/C30H29N7O4/c31-14-17(25-16-33-23-3-1-2-4-24(23)35-25)15-32-18-5-7-19(8-6-18)34-20-9-10-21-22(13-20)30(41)37(29(21)40)26-11-12-27(38)36-28(26)39/h1-4,9-10,13-16,18-19,26,31-32,34H,5-8,11-12H2,(H,36,38,39)/b17-15+,31-14?. The second-order valence-electron chi connectivity index (χ2n) is 10.6. The Kier molecular flexibility index (Phi) is 7.00. The zero-order valence-corrected chi connectivity index (χ0v) is 22.2. The lowest BCUT2D eigenvalue weighted by molar-refractivity contribution is -0.136. The monoisotopic (exact) mass is 551 g/mol. The number of carbonyl (C=O) groups excluding carboxylic acids is 4. The minimum atomic E-state index is -0.977. The molecule has 1 saturated carbocycles. The van der Waals surface area contributed by atoms with E-state index in [0.29, 0.717) is 11.3 Å². The Bertz CT molecular complexity index is 1610. The van der Waals surface area contributed by atoms with E-state index in [4.69, 9.17) is 5.41 Å². The smallest absolute Gasteiger partial charge is 0.262 e. The summed E-state index contributed by atoms with van der Waals surface area (Å²) in [6.07, 6.45) is 8.63. The van der Waals surface area contributed by atoms with Crippen LogP contribution in [-0.4, -0.2) is 62.8 Å². The molecular weight excluding hydrogens is 522 g/mol. The zero-order chi connectivity index (χ0) is 28.5. The Hall–Kier alpha value is -4.93. The van der Waals surface area contributed by atoms with Crippen molar-refractivity contribution in [1.29, 1.82) is 5.41 Å². The van der Waals surface area contributed by atoms with Crippen LogP contribution in [0.5, 0.6) is 0 Å². The summed E-state index contributed by atoms with van der Waals surface area (Å²) in [5, 5.41) is 17.0. The van der Waals surface area contributed by atoms with Gasteiger partial charge in [-0.25, -0.2) is 4.98 Å². The highest BCUT2D eigenvalue weighted by atomic mass is 16.2. The maximum atomic E-state index is 13.1. The third-order valence-electron chi connectivity index (χ3n) is 7.91. The molecule has 0 spiro atoms. The summed E-state index contributed by atoms with van der Waals surface area (Å²) < 4.78 is 0. The summed E-state index contributed by atoms with van der Waals surface area (Å²) in [4.78, 5) is 59.9. The first-order valence-corrected chi connectivity index (χ1v) is 13.7. The number of nitrogens with one attached hydrogen (secondary N) is 4. The van der Waals surface area contributed by atoms with Crippen LogP contribution in [0.4, 0.5) is 5.69 Å². The maximum absolute atomic E-state index is 13.1. The summed E-state index contributed by atoms with van der Waals surface area (Å²) in [5.74, 6) is -2.04. The maximum Gasteiger partial charge on any atom is 0.262 e. The number of rotatable bonds is 7. The zero-order valence-electron chi connectivity index (χ0n) is 22.2. The van der Waals surface area contributed by atoms with Crippen LogP contribution in [0, 0.1) is 5.41 Å². The third-order valence-corrected chi connectivity index (χ3v) is 7.91. The molecule has 41 heavy (non-hydrogen) atoms. The Morgan fingerprint density at radius 2 is 1.66 bits per heavy atom. The number of carbonyl (C=O) groups is 4. The molecule has 2 aliphatic heterocycles. The van der Waals surface area contributed by atoms with Crippen LogP contribution in [0.15, 0.2) is 54.9 Å². The van der Waals surface area contributed by atoms with Crippen LogP contribution in [-0.2, 0) is 9.59 Å². The second kappa shape index (κ2) is 10.9. The Labute approximate surface area is 235 Å². The molecule has 11 nitrogen and oxygen atoms in total. The number of allylic oxidation sites excluding steroid dienone is 1. The molecule has 3 aliphatic rings. The fraction of sp³-hybridized carbons (Fsp3) is 0.300. The summed E-state index contributed by atoms with van der Waals surface area (Å²) in [6.45, 7) is 0. The first kappa shape index (κ1) is 26.3. The van der Waals surface area contributed by atoms with Crippen LogP contribution in [0.1, 0.15) is 64.9 Å². The van der Waals surface area contributed by atoms with Crippen LogP contribution in [0.25, 0.3) is 16.6 Å². The van der Waals surface area contributed by atoms with Crippen molar-refractivity contribution in [3.05, 3.63) is 71.7 Å². The number of benzene rings is 2. The van der Waals surface area contributed by atoms with Crippen molar-refractivity contribution < 1.29 is 19.2 Å². The van der Waals surface area contributed by atoms with Crippen molar-refractivity contribution in [3.63, 3.8) is 0 Å². The van der Waals surface area contributed by atoms with Gasteiger partial charge in [0.05, 0.1) is 34.1 Å². The van der Waals surface area contributed by atoms with E-state index in [1.807, 2.05) is 30.5 Å². The van der Waals surface area contributed by atoms with Crippen LogP contribution >= 0.6 is 0 Å². The van der Waals surface area contributed by atoms with Gasteiger partial charge in [-0.05, 0) is 62.4 Å². The molecule has 1 aromatic heterocycles. The fourth-order valence-electron chi connectivity index (χ4n) is 5.69. The van der Waals surface area contributed by atoms with E-state index < -0.39 is 29.7 Å². The van der Waals surface area contributed by atoms with E-state index in [2.05, 4.69) is 25.9 Å². The van der Waals surface area contributed by atoms with Crippen molar-refractivity contribution in [2.24, 2.45) is 0 Å². The molecule has 3 heterocycles. The summed E-state index contributed by atoms with van der Waals surface area (Å²) in [6, 6.07) is 12.2. The normalized spacial score (nSPS) is 22.9. The fourth-order valence-corrected chi connectivity index (χ4v) is 5.69.